The molecule has 1 aromatic rings. The van der Waals surface area contributed by atoms with E-state index in [2.05, 4.69) is 16.6 Å². The maximum absolute atomic E-state index is 11.7. The monoisotopic (exact) mass is 275 g/mol. The van der Waals surface area contributed by atoms with Gasteiger partial charge in [0.2, 0.25) is 0 Å². The lowest BCUT2D eigenvalue weighted by atomic mass is 9.94. The van der Waals surface area contributed by atoms with Crippen molar-refractivity contribution in [2.75, 3.05) is 20.2 Å². The lowest BCUT2D eigenvalue weighted by Gasteiger charge is -2.31. The van der Waals surface area contributed by atoms with Crippen LogP contribution in [0.2, 0.25) is 0 Å². The first-order valence-corrected chi connectivity index (χ1v) is 7.06. The molecule has 1 aromatic carbocycles. The molecule has 0 radical (unpaired) electrons. The van der Waals surface area contributed by atoms with Gasteiger partial charge in [0, 0.05) is 32.0 Å². The molecular weight excluding hydrogens is 254 g/mol. The molecule has 20 heavy (non-hydrogen) atoms. The highest BCUT2D eigenvalue weighted by Crippen LogP contribution is 2.18. The van der Waals surface area contributed by atoms with Crippen molar-refractivity contribution < 1.29 is 14.3 Å². The summed E-state index contributed by atoms with van der Waals surface area (Å²) in [6, 6.07) is 7.47. The zero-order chi connectivity index (χ0) is 14.5. The lowest BCUT2D eigenvalue weighted by Crippen LogP contribution is -2.40. The molecule has 0 aliphatic carbocycles. The van der Waals surface area contributed by atoms with Gasteiger partial charge in [-0.05, 0) is 24.1 Å². The number of nitrogens with zero attached hydrogens (tertiary/aromatic N) is 1. The van der Waals surface area contributed by atoms with E-state index in [4.69, 9.17) is 0 Å². The molecule has 1 fully saturated rings. The number of methoxy groups -OCH3 is 1. The van der Waals surface area contributed by atoms with Crippen molar-refractivity contribution >= 4 is 11.8 Å². The fourth-order valence-electron chi connectivity index (χ4n) is 2.60. The van der Waals surface area contributed by atoms with E-state index in [9.17, 15) is 9.59 Å². The molecule has 1 heterocycles. The third-order valence-corrected chi connectivity index (χ3v) is 3.88. The van der Waals surface area contributed by atoms with Crippen LogP contribution >= 0.6 is 0 Å². The van der Waals surface area contributed by atoms with Crippen LogP contribution < -0.4 is 0 Å². The van der Waals surface area contributed by atoms with Gasteiger partial charge in [-0.3, -0.25) is 9.69 Å². The minimum absolute atomic E-state index is 0.179. The highest BCUT2D eigenvalue weighted by Gasteiger charge is 2.25. The Labute approximate surface area is 119 Å². The molecule has 0 amide bonds. The van der Waals surface area contributed by atoms with Gasteiger partial charge < -0.3 is 4.74 Å². The Kier molecular flexibility index (Phi) is 4.90. The first kappa shape index (κ1) is 14.7. The highest BCUT2D eigenvalue weighted by molar-refractivity contribution is 5.89. The predicted molar refractivity (Wildman–Crippen MR) is 76.5 cm³/mol. The predicted octanol–water partition coefficient (Wildman–Crippen LogP) is 2.27. The summed E-state index contributed by atoms with van der Waals surface area (Å²) in [5.74, 6) is 0.258. The summed E-state index contributed by atoms with van der Waals surface area (Å²) in [6.45, 7) is 4.56. The number of carbonyl (C=O) groups is 2. The molecule has 1 aliphatic rings. The van der Waals surface area contributed by atoms with Crippen molar-refractivity contribution in [2.45, 2.75) is 26.3 Å². The molecule has 0 bridgehead atoms. The van der Waals surface area contributed by atoms with Crippen LogP contribution in [0.5, 0.6) is 0 Å². The number of hydrogen-bond donors (Lipinski definition) is 0. The molecule has 4 nitrogen and oxygen atoms in total. The molecule has 1 saturated heterocycles. The van der Waals surface area contributed by atoms with Crippen molar-refractivity contribution in [3.05, 3.63) is 35.4 Å². The van der Waals surface area contributed by atoms with E-state index in [-0.39, 0.29) is 11.9 Å². The van der Waals surface area contributed by atoms with E-state index in [1.165, 1.54) is 7.11 Å². The summed E-state index contributed by atoms with van der Waals surface area (Å²) in [6.07, 6.45) is 1.56. The normalized spacial score (nSPS) is 19.9. The van der Waals surface area contributed by atoms with E-state index < -0.39 is 0 Å². The van der Waals surface area contributed by atoms with Crippen molar-refractivity contribution in [1.29, 1.82) is 0 Å². The number of hydrogen-bond acceptors (Lipinski definition) is 4. The topological polar surface area (TPSA) is 46.6 Å². The molecule has 0 spiro atoms. The standard InChI is InChI=1S/C16H21NO3/c1-3-13-11-17(9-8-15(13)18)10-12-4-6-14(7-5-12)16(19)20-2/h4-7,13H,3,8-11H2,1-2H3. The molecule has 2 rings (SSSR count). The summed E-state index contributed by atoms with van der Waals surface area (Å²) in [7, 11) is 1.38. The Bertz CT molecular complexity index is 481. The SMILES string of the molecule is CCC1CN(Cc2ccc(C(=O)OC)cc2)CCC1=O. The van der Waals surface area contributed by atoms with Gasteiger partial charge in [-0.15, -0.1) is 0 Å². The second-order valence-electron chi connectivity index (χ2n) is 5.25. The second-order valence-corrected chi connectivity index (χ2v) is 5.25. The zero-order valence-electron chi connectivity index (χ0n) is 12.1. The summed E-state index contributed by atoms with van der Waals surface area (Å²) in [4.78, 5) is 25.4. The summed E-state index contributed by atoms with van der Waals surface area (Å²) in [5, 5.41) is 0. The van der Waals surface area contributed by atoms with Gasteiger partial charge in [0.15, 0.2) is 0 Å². The van der Waals surface area contributed by atoms with Crippen LogP contribution in [-0.4, -0.2) is 36.9 Å². The first-order chi connectivity index (χ1) is 9.63. The fourth-order valence-corrected chi connectivity index (χ4v) is 2.60. The van der Waals surface area contributed by atoms with Gasteiger partial charge in [-0.1, -0.05) is 19.1 Å². The van der Waals surface area contributed by atoms with Gasteiger partial charge in [0.05, 0.1) is 12.7 Å². The largest absolute Gasteiger partial charge is 0.465 e. The molecule has 4 heteroatoms. The number of ether oxygens (including phenoxy) is 1. The maximum Gasteiger partial charge on any atom is 0.337 e. The highest BCUT2D eigenvalue weighted by atomic mass is 16.5. The van der Waals surface area contributed by atoms with Crippen molar-refractivity contribution in [2.24, 2.45) is 5.92 Å². The Morgan fingerprint density at radius 2 is 2.05 bits per heavy atom. The van der Waals surface area contributed by atoms with E-state index >= 15 is 0 Å². The van der Waals surface area contributed by atoms with E-state index in [1.807, 2.05) is 12.1 Å². The number of likely N-dealkylation sites (tertiary alicyclic amines) is 1. The molecule has 108 valence electrons. The molecule has 1 atom stereocenters. The van der Waals surface area contributed by atoms with Crippen molar-refractivity contribution in [3.63, 3.8) is 0 Å². The number of carbonyl (C=O) groups excluding carboxylic acids is 2. The van der Waals surface area contributed by atoms with Crippen LogP contribution in [0.4, 0.5) is 0 Å². The first-order valence-electron chi connectivity index (χ1n) is 7.06. The molecule has 0 N–H and O–H groups in total. The van der Waals surface area contributed by atoms with Crippen LogP contribution in [0.25, 0.3) is 0 Å². The lowest BCUT2D eigenvalue weighted by molar-refractivity contribution is -0.126. The Balaban J connectivity index is 1.96. The number of benzene rings is 1. The third-order valence-electron chi connectivity index (χ3n) is 3.88. The van der Waals surface area contributed by atoms with Crippen LogP contribution in [0.3, 0.4) is 0 Å². The second kappa shape index (κ2) is 6.66. The van der Waals surface area contributed by atoms with Crippen LogP contribution in [-0.2, 0) is 16.1 Å². The smallest absolute Gasteiger partial charge is 0.337 e. The van der Waals surface area contributed by atoms with Crippen LogP contribution in [0.1, 0.15) is 35.7 Å². The van der Waals surface area contributed by atoms with Gasteiger partial charge in [-0.25, -0.2) is 4.79 Å². The average Bonchev–Trinajstić information content (AvgIpc) is 2.49. The average molecular weight is 275 g/mol. The minimum atomic E-state index is -0.314. The summed E-state index contributed by atoms with van der Waals surface area (Å²) in [5.41, 5.74) is 1.72. The molecular formula is C16H21NO3. The molecule has 1 unspecified atom stereocenters. The third kappa shape index (κ3) is 3.45. The number of ketones is 1. The quantitative estimate of drug-likeness (QED) is 0.791. The fraction of sp³-hybridized carbons (Fsp3) is 0.500. The van der Waals surface area contributed by atoms with Crippen molar-refractivity contribution in [1.82, 2.24) is 4.90 Å². The van der Waals surface area contributed by atoms with Gasteiger partial charge in [-0.2, -0.15) is 0 Å². The summed E-state index contributed by atoms with van der Waals surface area (Å²) < 4.78 is 4.68. The Hall–Kier alpha value is -1.68. The van der Waals surface area contributed by atoms with Crippen LogP contribution in [0.15, 0.2) is 24.3 Å². The summed E-state index contributed by atoms with van der Waals surface area (Å²) >= 11 is 0. The van der Waals surface area contributed by atoms with Gasteiger partial charge in [0.1, 0.15) is 5.78 Å². The maximum atomic E-state index is 11.7. The Morgan fingerprint density at radius 3 is 2.65 bits per heavy atom. The van der Waals surface area contributed by atoms with Crippen molar-refractivity contribution in [3.8, 4) is 0 Å². The van der Waals surface area contributed by atoms with E-state index in [1.54, 1.807) is 12.1 Å². The minimum Gasteiger partial charge on any atom is -0.465 e. The molecule has 0 aromatic heterocycles. The number of esters is 1. The van der Waals surface area contributed by atoms with Gasteiger partial charge >= 0.3 is 5.97 Å². The van der Waals surface area contributed by atoms with Crippen LogP contribution in [0, 0.1) is 5.92 Å². The molecule has 1 aliphatic heterocycles. The number of Topliss-reactive ketones (excluding diaryl/α,β-unsaturated/α-hetero) is 1. The van der Waals surface area contributed by atoms with E-state index in [0.29, 0.717) is 17.8 Å². The zero-order valence-corrected chi connectivity index (χ0v) is 12.1. The number of rotatable bonds is 4. The van der Waals surface area contributed by atoms with Gasteiger partial charge in [0.25, 0.3) is 0 Å². The number of piperidine rings is 1. The van der Waals surface area contributed by atoms with E-state index in [0.717, 1.165) is 31.6 Å². The Morgan fingerprint density at radius 1 is 1.35 bits per heavy atom. The molecule has 0 saturated carbocycles.